The predicted molar refractivity (Wildman–Crippen MR) is 212 cm³/mol. The van der Waals surface area contributed by atoms with Crippen molar-refractivity contribution < 1.29 is 4.42 Å². The van der Waals surface area contributed by atoms with Crippen molar-refractivity contribution in [3.8, 4) is 22.3 Å². The molecule has 1 heterocycles. The molecule has 2 heteroatoms. The van der Waals surface area contributed by atoms with Gasteiger partial charge in [0.05, 0.1) is 5.69 Å². The minimum atomic E-state index is 0.898. The Morgan fingerprint density at radius 2 is 0.980 bits per heavy atom. The Hall–Kier alpha value is -6.64. The number of anilines is 3. The number of fused-ring (bicyclic) bond motifs is 8. The smallest absolute Gasteiger partial charge is 0.136 e. The summed E-state index contributed by atoms with van der Waals surface area (Å²) in [5.41, 5.74) is 9.82. The molecule has 234 valence electrons. The summed E-state index contributed by atoms with van der Waals surface area (Å²) in [5.74, 6) is 0. The fourth-order valence-corrected chi connectivity index (χ4v) is 7.73. The van der Waals surface area contributed by atoms with E-state index in [4.69, 9.17) is 4.42 Å². The molecule has 50 heavy (non-hydrogen) atoms. The highest BCUT2D eigenvalue weighted by molar-refractivity contribution is 6.23. The van der Waals surface area contributed by atoms with Gasteiger partial charge in [-0.3, -0.25) is 0 Å². The Bertz CT molecular complexity index is 2870. The molecule has 10 rings (SSSR count). The van der Waals surface area contributed by atoms with Crippen molar-refractivity contribution in [1.29, 1.82) is 0 Å². The van der Waals surface area contributed by atoms with Gasteiger partial charge in [-0.15, -0.1) is 0 Å². The maximum Gasteiger partial charge on any atom is 0.136 e. The molecule has 0 aliphatic carbocycles. The van der Waals surface area contributed by atoms with Crippen LogP contribution in [0.2, 0.25) is 0 Å². The number of rotatable bonds is 5. The molecule has 0 atom stereocenters. The van der Waals surface area contributed by atoms with Gasteiger partial charge in [0, 0.05) is 27.5 Å². The molecule has 0 spiro atoms. The summed E-state index contributed by atoms with van der Waals surface area (Å²) in [6.07, 6.45) is 0. The standard InChI is InChI=1S/C48H31NO/c1-2-12-32(13-3-1)33-26-28-37(29-27-33)49(44-31-36-25-24-34-14-4-5-17-39(34)47(36)42-19-7-6-18-41(42)44)38-16-10-15-35(30-38)40-21-11-23-46-48(40)43-20-8-9-22-45(43)50-46/h1-31H. The van der Waals surface area contributed by atoms with Crippen LogP contribution in [0.3, 0.4) is 0 Å². The third-order valence-electron chi connectivity index (χ3n) is 10.0. The normalized spacial score (nSPS) is 11.6. The molecule has 0 saturated heterocycles. The summed E-state index contributed by atoms with van der Waals surface area (Å²) in [4.78, 5) is 2.42. The van der Waals surface area contributed by atoms with Gasteiger partial charge in [-0.25, -0.2) is 0 Å². The first-order valence-corrected chi connectivity index (χ1v) is 17.1. The Kier molecular flexibility index (Phi) is 6.53. The first kappa shape index (κ1) is 28.4. The fraction of sp³-hybridized carbons (Fsp3) is 0. The molecule has 0 bridgehead atoms. The van der Waals surface area contributed by atoms with Crippen LogP contribution in [0.5, 0.6) is 0 Å². The van der Waals surface area contributed by atoms with Crippen molar-refractivity contribution in [3.05, 3.63) is 188 Å². The zero-order valence-corrected chi connectivity index (χ0v) is 27.3. The summed E-state index contributed by atoms with van der Waals surface area (Å²) in [6, 6.07) is 67.6. The summed E-state index contributed by atoms with van der Waals surface area (Å²) in [5, 5.41) is 9.74. The number of benzene rings is 9. The van der Waals surface area contributed by atoms with Crippen LogP contribution < -0.4 is 4.90 Å². The summed E-state index contributed by atoms with van der Waals surface area (Å²) < 4.78 is 6.29. The highest BCUT2D eigenvalue weighted by atomic mass is 16.3. The number of furan rings is 1. The predicted octanol–water partition coefficient (Wildman–Crippen LogP) is 13.8. The van der Waals surface area contributed by atoms with Crippen LogP contribution in [0.1, 0.15) is 0 Å². The van der Waals surface area contributed by atoms with Crippen molar-refractivity contribution in [2.75, 3.05) is 4.90 Å². The SMILES string of the molecule is c1ccc(-c2ccc(N(c3cccc(-c4cccc5oc6ccccc6c45)c3)c3cc4ccc5ccccc5c4c4ccccc34)cc2)cc1. The van der Waals surface area contributed by atoms with Crippen molar-refractivity contribution in [1.82, 2.24) is 0 Å². The van der Waals surface area contributed by atoms with E-state index in [1.165, 1.54) is 43.4 Å². The van der Waals surface area contributed by atoms with Gasteiger partial charge in [-0.2, -0.15) is 0 Å². The number of hydrogen-bond acceptors (Lipinski definition) is 2. The van der Waals surface area contributed by atoms with Gasteiger partial charge in [0.25, 0.3) is 0 Å². The summed E-state index contributed by atoms with van der Waals surface area (Å²) >= 11 is 0. The number of para-hydroxylation sites is 1. The quantitative estimate of drug-likeness (QED) is 0.175. The first-order chi connectivity index (χ1) is 24.8. The van der Waals surface area contributed by atoms with Crippen LogP contribution in [-0.4, -0.2) is 0 Å². The molecule has 9 aromatic carbocycles. The molecule has 0 aliphatic rings. The fourth-order valence-electron chi connectivity index (χ4n) is 7.73. The second kappa shape index (κ2) is 11.5. The average molecular weight is 638 g/mol. The largest absolute Gasteiger partial charge is 0.456 e. The van der Waals surface area contributed by atoms with Gasteiger partial charge in [-0.1, -0.05) is 146 Å². The lowest BCUT2D eigenvalue weighted by Gasteiger charge is -2.28. The molecule has 2 nitrogen and oxygen atoms in total. The van der Waals surface area contributed by atoms with Gasteiger partial charge in [-0.05, 0) is 91.6 Å². The van der Waals surface area contributed by atoms with E-state index in [0.29, 0.717) is 0 Å². The first-order valence-electron chi connectivity index (χ1n) is 17.1. The molecule has 0 aliphatic heterocycles. The number of hydrogen-bond donors (Lipinski definition) is 0. The van der Waals surface area contributed by atoms with Gasteiger partial charge in [0.15, 0.2) is 0 Å². The lowest BCUT2D eigenvalue weighted by atomic mass is 9.94. The van der Waals surface area contributed by atoms with Crippen LogP contribution in [-0.2, 0) is 0 Å². The average Bonchev–Trinajstić information content (AvgIpc) is 3.58. The van der Waals surface area contributed by atoms with Crippen LogP contribution in [0, 0.1) is 0 Å². The molecule has 0 N–H and O–H groups in total. The van der Waals surface area contributed by atoms with E-state index in [9.17, 15) is 0 Å². The minimum Gasteiger partial charge on any atom is -0.456 e. The van der Waals surface area contributed by atoms with Gasteiger partial charge in [0.2, 0.25) is 0 Å². The Balaban J connectivity index is 1.22. The van der Waals surface area contributed by atoms with Gasteiger partial charge >= 0.3 is 0 Å². The Labute approximate surface area is 290 Å². The monoisotopic (exact) mass is 637 g/mol. The second-order valence-corrected chi connectivity index (χ2v) is 12.9. The zero-order chi connectivity index (χ0) is 33.0. The second-order valence-electron chi connectivity index (χ2n) is 12.9. The van der Waals surface area contributed by atoms with Crippen LogP contribution in [0.4, 0.5) is 17.1 Å². The third-order valence-corrected chi connectivity index (χ3v) is 10.0. The van der Waals surface area contributed by atoms with Crippen molar-refractivity contribution in [2.45, 2.75) is 0 Å². The van der Waals surface area contributed by atoms with Crippen LogP contribution in [0.25, 0.3) is 76.5 Å². The van der Waals surface area contributed by atoms with Crippen molar-refractivity contribution in [3.63, 3.8) is 0 Å². The molecular formula is C48H31NO. The van der Waals surface area contributed by atoms with Crippen molar-refractivity contribution in [2.24, 2.45) is 0 Å². The third kappa shape index (κ3) is 4.57. The van der Waals surface area contributed by atoms with E-state index < -0.39 is 0 Å². The molecular weight excluding hydrogens is 607 g/mol. The molecule has 0 unspecified atom stereocenters. The summed E-state index contributed by atoms with van der Waals surface area (Å²) in [7, 11) is 0. The highest BCUT2D eigenvalue weighted by Gasteiger charge is 2.20. The minimum absolute atomic E-state index is 0.898. The van der Waals surface area contributed by atoms with E-state index in [-0.39, 0.29) is 0 Å². The van der Waals surface area contributed by atoms with E-state index in [2.05, 4.69) is 181 Å². The van der Waals surface area contributed by atoms with E-state index in [1.54, 1.807) is 0 Å². The maximum absolute atomic E-state index is 6.29. The number of nitrogens with zero attached hydrogens (tertiary/aromatic N) is 1. The zero-order valence-electron chi connectivity index (χ0n) is 27.3. The molecule has 1 aromatic heterocycles. The Morgan fingerprint density at radius 1 is 0.340 bits per heavy atom. The molecule has 0 amide bonds. The van der Waals surface area contributed by atoms with Gasteiger partial charge < -0.3 is 9.32 Å². The lowest BCUT2D eigenvalue weighted by molar-refractivity contribution is 0.669. The van der Waals surface area contributed by atoms with E-state index in [1.807, 2.05) is 12.1 Å². The Morgan fingerprint density at radius 3 is 1.84 bits per heavy atom. The topological polar surface area (TPSA) is 16.4 Å². The van der Waals surface area contributed by atoms with Gasteiger partial charge in [0.1, 0.15) is 11.2 Å². The molecule has 0 saturated carbocycles. The lowest BCUT2D eigenvalue weighted by Crippen LogP contribution is -2.11. The van der Waals surface area contributed by atoms with Crippen molar-refractivity contribution >= 4 is 71.3 Å². The molecule has 0 radical (unpaired) electrons. The van der Waals surface area contributed by atoms with E-state index >= 15 is 0 Å². The van der Waals surface area contributed by atoms with E-state index in [0.717, 1.165) is 50.1 Å². The van der Waals surface area contributed by atoms with Crippen LogP contribution >= 0.6 is 0 Å². The summed E-state index contributed by atoms with van der Waals surface area (Å²) in [6.45, 7) is 0. The highest BCUT2D eigenvalue weighted by Crippen LogP contribution is 2.45. The molecule has 10 aromatic rings. The van der Waals surface area contributed by atoms with Crippen LogP contribution in [0.15, 0.2) is 192 Å². The molecule has 0 fully saturated rings. The maximum atomic E-state index is 6.29.